The van der Waals surface area contributed by atoms with E-state index in [1.165, 1.54) is 28.0 Å². The van der Waals surface area contributed by atoms with Gasteiger partial charge in [-0.05, 0) is 108 Å². The number of carbonyl (C=O) groups excluding carboxylic acids is 3. The van der Waals surface area contributed by atoms with Crippen LogP contribution in [0.4, 0.5) is 0 Å². The van der Waals surface area contributed by atoms with Crippen molar-refractivity contribution in [3.8, 4) is 23.0 Å². The van der Waals surface area contributed by atoms with Crippen molar-refractivity contribution in [2.45, 2.75) is 105 Å². The van der Waals surface area contributed by atoms with Crippen molar-refractivity contribution in [2.75, 3.05) is 0 Å². The van der Waals surface area contributed by atoms with Gasteiger partial charge < -0.3 is 24.4 Å². The molecule has 0 amide bonds. The Hall–Kier alpha value is -5.63. The van der Waals surface area contributed by atoms with Crippen LogP contribution in [0.2, 0.25) is 0 Å². The second-order valence-corrected chi connectivity index (χ2v) is 16.4. The molecule has 306 valence electrons. The zero-order chi connectivity index (χ0) is 42.3. The number of benzene rings is 5. The third kappa shape index (κ3) is 9.90. The fourth-order valence-electron chi connectivity index (χ4n) is 7.06. The highest BCUT2D eigenvalue weighted by atomic mass is 16.5. The normalized spacial score (nSPS) is 20.5. The molecular formula is C50H58O8. The van der Waals surface area contributed by atoms with Crippen LogP contribution in [0.15, 0.2) is 103 Å². The summed E-state index contributed by atoms with van der Waals surface area (Å²) < 4.78 is 16.1. The molecule has 8 nitrogen and oxygen atoms in total. The van der Waals surface area contributed by atoms with Gasteiger partial charge in [-0.25, -0.2) is 0 Å². The van der Waals surface area contributed by atoms with Crippen molar-refractivity contribution in [3.05, 3.63) is 131 Å². The molecule has 0 radical (unpaired) electrons. The summed E-state index contributed by atoms with van der Waals surface area (Å²) in [6.07, 6.45) is 2.59. The van der Waals surface area contributed by atoms with E-state index < -0.39 is 5.41 Å². The van der Waals surface area contributed by atoms with Crippen LogP contribution in [-0.2, 0) is 25.5 Å². The fraction of sp³-hybridized carbons (Fsp3) is 0.380. The predicted molar refractivity (Wildman–Crippen MR) is 228 cm³/mol. The second-order valence-electron chi connectivity index (χ2n) is 16.4. The molecule has 0 spiro atoms. The van der Waals surface area contributed by atoms with Crippen molar-refractivity contribution in [1.82, 2.24) is 0 Å². The summed E-state index contributed by atoms with van der Waals surface area (Å²) in [7, 11) is 0. The summed E-state index contributed by atoms with van der Waals surface area (Å²) >= 11 is 0. The molecule has 8 heteroatoms. The molecule has 3 aliphatic rings. The highest BCUT2D eigenvalue weighted by molar-refractivity contribution is 5.91. The molecule has 2 aliphatic heterocycles. The number of para-hydroxylation sites is 1. The van der Waals surface area contributed by atoms with Gasteiger partial charge in [0.1, 0.15) is 29.1 Å². The maximum absolute atomic E-state index is 12.3. The molecule has 6 unspecified atom stereocenters. The van der Waals surface area contributed by atoms with E-state index in [1.807, 2.05) is 84.0 Å². The number of fused-ring (bicyclic) bond motifs is 2. The lowest BCUT2D eigenvalue weighted by molar-refractivity contribution is -0.160. The maximum Gasteiger partial charge on any atom is 0.314 e. The summed E-state index contributed by atoms with van der Waals surface area (Å²) in [5.41, 5.74) is 5.35. The van der Waals surface area contributed by atoms with Gasteiger partial charge in [-0.15, -0.1) is 0 Å². The molecule has 2 N–H and O–H groups in total. The largest absolute Gasteiger partial charge is 0.508 e. The van der Waals surface area contributed by atoms with Crippen LogP contribution >= 0.6 is 0 Å². The van der Waals surface area contributed by atoms with Gasteiger partial charge in [0.15, 0.2) is 0 Å². The molecule has 0 saturated carbocycles. The minimum atomic E-state index is -0.414. The van der Waals surface area contributed by atoms with Crippen LogP contribution < -0.4 is 9.47 Å². The lowest BCUT2D eigenvalue weighted by Crippen LogP contribution is -2.28. The predicted octanol–water partition coefficient (Wildman–Crippen LogP) is 11.7. The van der Waals surface area contributed by atoms with E-state index in [2.05, 4.69) is 51.1 Å². The number of aromatic hydroxyl groups is 2. The minimum Gasteiger partial charge on any atom is -0.508 e. The Bertz CT molecular complexity index is 2220. The van der Waals surface area contributed by atoms with Crippen molar-refractivity contribution in [3.63, 3.8) is 0 Å². The summed E-state index contributed by atoms with van der Waals surface area (Å²) in [5.74, 6) is 2.19. The van der Waals surface area contributed by atoms with Crippen molar-refractivity contribution in [2.24, 2.45) is 17.3 Å². The fourth-order valence-corrected chi connectivity index (χ4v) is 7.06. The Labute approximate surface area is 343 Å². The molecule has 58 heavy (non-hydrogen) atoms. The molecular weight excluding hydrogens is 729 g/mol. The Kier molecular flexibility index (Phi) is 14.1. The average molecular weight is 787 g/mol. The van der Waals surface area contributed by atoms with Crippen LogP contribution in [0.5, 0.6) is 23.0 Å². The Morgan fingerprint density at radius 1 is 0.707 bits per heavy atom. The lowest BCUT2D eigenvalue weighted by atomic mass is 9.86. The standard InChI is InChI=1S/C18H20O2.C11H12O3.C11H12O2.C10H14O/c1-4-18(2,3)17(19)20-15-11-13-9-5-7-12-8-6-10-14(15)16(12)13;1-6-7(2)11(13)14-10-4-3-8(12)5-9(6)10;1-7-8(2)11(12)13-10-6-4-3-5-9(7)10;1-3-8(2)9-4-6-10(11)7-5-9/h5-10,15H,4,11H2,1-3H3;3-7,12H,1-2H3;3-8H,1-2H3;4-8,11H,3H2,1-2H3. The maximum atomic E-state index is 12.3. The van der Waals surface area contributed by atoms with Crippen LogP contribution in [0.1, 0.15) is 127 Å². The van der Waals surface area contributed by atoms with Crippen LogP contribution in [-0.4, -0.2) is 28.1 Å². The van der Waals surface area contributed by atoms with E-state index in [0.29, 0.717) is 17.4 Å². The first-order chi connectivity index (χ1) is 27.6. The van der Waals surface area contributed by atoms with Gasteiger partial charge >= 0.3 is 17.9 Å². The number of carbonyl (C=O) groups is 3. The van der Waals surface area contributed by atoms with Gasteiger partial charge in [0.2, 0.25) is 0 Å². The number of hydrogen-bond acceptors (Lipinski definition) is 8. The van der Waals surface area contributed by atoms with E-state index in [9.17, 15) is 19.5 Å². The number of hydrogen-bond donors (Lipinski definition) is 2. The van der Waals surface area contributed by atoms with Gasteiger partial charge in [0.25, 0.3) is 0 Å². The van der Waals surface area contributed by atoms with Gasteiger partial charge in [-0.2, -0.15) is 0 Å². The van der Waals surface area contributed by atoms with E-state index >= 15 is 0 Å². The highest BCUT2D eigenvalue weighted by Crippen LogP contribution is 2.41. The number of rotatable bonds is 5. The molecule has 0 fully saturated rings. The molecule has 0 aromatic heterocycles. The zero-order valence-electron chi connectivity index (χ0n) is 35.2. The molecule has 5 aromatic carbocycles. The molecule has 0 saturated heterocycles. The van der Waals surface area contributed by atoms with Gasteiger partial charge in [-0.1, -0.05) is 115 Å². The van der Waals surface area contributed by atoms with Crippen LogP contribution in [0.25, 0.3) is 10.8 Å². The molecule has 2 heterocycles. The Morgan fingerprint density at radius 3 is 1.88 bits per heavy atom. The molecule has 5 aromatic rings. The number of phenolic OH excluding ortho intramolecular Hbond substituents is 2. The number of ether oxygens (including phenoxy) is 3. The van der Waals surface area contributed by atoms with Crippen LogP contribution in [0.3, 0.4) is 0 Å². The summed E-state index contributed by atoms with van der Waals surface area (Å²) in [6.45, 7) is 18.0. The molecule has 0 bridgehead atoms. The van der Waals surface area contributed by atoms with E-state index in [4.69, 9.17) is 19.3 Å². The monoisotopic (exact) mass is 786 g/mol. The average Bonchev–Trinajstić information content (AvgIpc) is 3.58. The summed E-state index contributed by atoms with van der Waals surface area (Å²) in [5, 5.41) is 20.8. The van der Waals surface area contributed by atoms with Crippen molar-refractivity contribution >= 4 is 28.7 Å². The number of esters is 3. The van der Waals surface area contributed by atoms with Gasteiger partial charge in [0.05, 0.1) is 17.3 Å². The summed E-state index contributed by atoms with van der Waals surface area (Å²) in [6, 6.07) is 32.5. The second kappa shape index (κ2) is 18.8. The minimum absolute atomic E-state index is 0.0325. The molecule has 6 atom stereocenters. The SMILES string of the molecule is CC1C(=O)Oc2ccc(O)cc2C1C.CC1C(=O)Oc2ccccc2C1C.CCC(C)(C)C(=O)OC1Cc2cccc3cccc1c23.CCC(C)c1ccc(O)cc1. The first kappa shape index (κ1) is 43.5. The quantitative estimate of drug-likeness (QED) is 0.133. The first-order valence-corrected chi connectivity index (χ1v) is 20.4. The van der Waals surface area contributed by atoms with Gasteiger partial charge in [0, 0.05) is 17.5 Å². The smallest absolute Gasteiger partial charge is 0.314 e. The van der Waals surface area contributed by atoms with Crippen molar-refractivity contribution < 1.29 is 38.8 Å². The topological polar surface area (TPSA) is 119 Å². The Morgan fingerprint density at radius 2 is 1.26 bits per heavy atom. The van der Waals surface area contributed by atoms with E-state index in [1.54, 1.807) is 24.3 Å². The summed E-state index contributed by atoms with van der Waals surface area (Å²) in [4.78, 5) is 35.0. The van der Waals surface area contributed by atoms with E-state index in [-0.39, 0.29) is 53.4 Å². The third-order valence-corrected chi connectivity index (χ3v) is 12.1. The first-order valence-electron chi connectivity index (χ1n) is 20.4. The molecule has 1 aliphatic carbocycles. The van der Waals surface area contributed by atoms with Crippen LogP contribution in [0, 0.1) is 17.3 Å². The lowest BCUT2D eigenvalue weighted by Gasteiger charge is -2.26. The Balaban J connectivity index is 0.000000151. The van der Waals surface area contributed by atoms with E-state index in [0.717, 1.165) is 41.7 Å². The van der Waals surface area contributed by atoms with Gasteiger partial charge in [-0.3, -0.25) is 14.4 Å². The third-order valence-electron chi connectivity index (χ3n) is 12.1. The zero-order valence-corrected chi connectivity index (χ0v) is 35.2. The van der Waals surface area contributed by atoms with Crippen molar-refractivity contribution in [1.29, 1.82) is 0 Å². The highest BCUT2D eigenvalue weighted by Gasteiger charge is 2.34. The molecule has 8 rings (SSSR count). The number of phenols is 2.